The van der Waals surface area contributed by atoms with E-state index in [9.17, 15) is 14.4 Å². The van der Waals surface area contributed by atoms with Crippen molar-refractivity contribution in [1.82, 2.24) is 10.3 Å². The van der Waals surface area contributed by atoms with Crippen LogP contribution < -0.4 is 11.1 Å². The largest absolute Gasteiger partial charge is 0.480 e. The first-order valence-corrected chi connectivity index (χ1v) is 5.22. The molecule has 7 heteroatoms. The number of hydrogen-bond donors (Lipinski definition) is 3. The minimum atomic E-state index is -1.21. The fourth-order valence-corrected chi connectivity index (χ4v) is 1.29. The Morgan fingerprint density at radius 2 is 1.94 bits per heavy atom. The highest BCUT2D eigenvalue weighted by molar-refractivity contribution is 5.96. The number of hydrogen-bond acceptors (Lipinski definition) is 4. The molecule has 2 amide bonds. The Morgan fingerprint density at radius 1 is 1.33 bits per heavy atom. The maximum Gasteiger partial charge on any atom is 0.326 e. The van der Waals surface area contributed by atoms with Crippen LogP contribution in [0.4, 0.5) is 0 Å². The molecule has 18 heavy (non-hydrogen) atoms. The van der Waals surface area contributed by atoms with Gasteiger partial charge in [-0.15, -0.1) is 0 Å². The number of carbonyl (C=O) groups is 3. The summed E-state index contributed by atoms with van der Waals surface area (Å²) in [6.45, 7) is 0. The van der Waals surface area contributed by atoms with Gasteiger partial charge in [-0.3, -0.25) is 14.6 Å². The number of nitrogens with two attached hydrogens (primary N) is 1. The molecule has 7 nitrogen and oxygen atoms in total. The predicted molar refractivity (Wildman–Crippen MR) is 61.6 cm³/mol. The molecule has 0 fully saturated rings. The molecule has 0 aliphatic rings. The normalized spacial score (nSPS) is 11.6. The van der Waals surface area contributed by atoms with E-state index >= 15 is 0 Å². The van der Waals surface area contributed by atoms with Crippen molar-refractivity contribution in [3.63, 3.8) is 0 Å². The summed E-state index contributed by atoms with van der Waals surface area (Å²) in [5.74, 6) is -2.35. The number of carboxylic acid groups (broad SMARTS) is 1. The predicted octanol–water partition coefficient (Wildman–Crippen LogP) is -0.470. The summed E-state index contributed by atoms with van der Waals surface area (Å²) in [5.41, 5.74) is 5.23. The quantitative estimate of drug-likeness (QED) is 0.630. The zero-order chi connectivity index (χ0) is 13.5. The molecule has 0 aliphatic heterocycles. The maximum absolute atomic E-state index is 11.7. The first-order valence-electron chi connectivity index (χ1n) is 5.22. The average molecular weight is 251 g/mol. The van der Waals surface area contributed by atoms with Crippen molar-refractivity contribution in [2.45, 2.75) is 18.9 Å². The molecule has 4 N–H and O–H groups in total. The number of aromatic nitrogens is 1. The fraction of sp³-hybridized carbons (Fsp3) is 0.273. The van der Waals surface area contributed by atoms with E-state index < -0.39 is 23.8 Å². The maximum atomic E-state index is 11.7. The van der Waals surface area contributed by atoms with Gasteiger partial charge in [-0.25, -0.2) is 4.79 Å². The minimum Gasteiger partial charge on any atom is -0.480 e. The Labute approximate surface area is 103 Å². The monoisotopic (exact) mass is 251 g/mol. The second kappa shape index (κ2) is 6.33. The number of rotatable bonds is 6. The smallest absolute Gasteiger partial charge is 0.326 e. The van der Waals surface area contributed by atoms with Gasteiger partial charge in [-0.2, -0.15) is 0 Å². The van der Waals surface area contributed by atoms with Crippen molar-refractivity contribution in [2.75, 3.05) is 0 Å². The second-order valence-electron chi connectivity index (χ2n) is 3.61. The molecular weight excluding hydrogens is 238 g/mol. The van der Waals surface area contributed by atoms with Crippen LogP contribution in [0.15, 0.2) is 24.5 Å². The van der Waals surface area contributed by atoms with Crippen LogP contribution in [0.5, 0.6) is 0 Å². The fourth-order valence-electron chi connectivity index (χ4n) is 1.29. The summed E-state index contributed by atoms with van der Waals surface area (Å²) >= 11 is 0. The molecule has 1 rings (SSSR count). The molecule has 0 saturated heterocycles. The summed E-state index contributed by atoms with van der Waals surface area (Å²) in [5, 5.41) is 11.2. The topological polar surface area (TPSA) is 122 Å². The van der Waals surface area contributed by atoms with Gasteiger partial charge in [0.25, 0.3) is 5.91 Å². The van der Waals surface area contributed by atoms with E-state index in [1.165, 1.54) is 24.5 Å². The summed E-state index contributed by atoms with van der Waals surface area (Å²) in [7, 11) is 0. The number of amides is 2. The van der Waals surface area contributed by atoms with Gasteiger partial charge in [0, 0.05) is 24.4 Å². The van der Waals surface area contributed by atoms with Crippen LogP contribution in [0.2, 0.25) is 0 Å². The van der Waals surface area contributed by atoms with E-state index in [-0.39, 0.29) is 12.8 Å². The highest BCUT2D eigenvalue weighted by atomic mass is 16.4. The van der Waals surface area contributed by atoms with Crippen LogP contribution in [0.1, 0.15) is 23.2 Å². The van der Waals surface area contributed by atoms with Gasteiger partial charge < -0.3 is 16.2 Å². The van der Waals surface area contributed by atoms with E-state index in [0.717, 1.165) is 0 Å². The van der Waals surface area contributed by atoms with Crippen molar-refractivity contribution in [2.24, 2.45) is 5.73 Å². The summed E-state index contributed by atoms with van der Waals surface area (Å²) in [6, 6.07) is 1.78. The average Bonchev–Trinajstić information content (AvgIpc) is 2.34. The molecule has 1 heterocycles. The Balaban J connectivity index is 2.64. The number of aliphatic carboxylic acids is 1. The van der Waals surface area contributed by atoms with Crippen molar-refractivity contribution >= 4 is 17.8 Å². The molecule has 0 aliphatic carbocycles. The SMILES string of the molecule is NC(=O)CC[C@H](NC(=O)c1ccncc1)C(=O)O. The van der Waals surface area contributed by atoms with Crippen LogP contribution in [-0.2, 0) is 9.59 Å². The summed E-state index contributed by atoms with van der Waals surface area (Å²) < 4.78 is 0. The molecule has 1 aromatic rings. The van der Waals surface area contributed by atoms with E-state index in [2.05, 4.69) is 10.3 Å². The molecule has 0 aromatic carbocycles. The molecule has 0 unspecified atom stereocenters. The van der Waals surface area contributed by atoms with Gasteiger partial charge in [0.05, 0.1) is 0 Å². The van der Waals surface area contributed by atoms with Crippen LogP contribution in [0.25, 0.3) is 0 Å². The lowest BCUT2D eigenvalue weighted by molar-refractivity contribution is -0.139. The van der Waals surface area contributed by atoms with E-state index in [1.807, 2.05) is 0 Å². The van der Waals surface area contributed by atoms with Crippen LogP contribution >= 0.6 is 0 Å². The molecule has 0 saturated carbocycles. The Hall–Kier alpha value is -2.44. The van der Waals surface area contributed by atoms with Gasteiger partial charge in [0.2, 0.25) is 5.91 Å². The summed E-state index contributed by atoms with van der Waals surface area (Å²) in [4.78, 5) is 36.9. The standard InChI is InChI=1S/C11H13N3O4/c12-9(15)2-1-8(11(17)18)14-10(16)7-3-5-13-6-4-7/h3-6,8H,1-2H2,(H2,12,15)(H,14,16)(H,17,18)/t8-/m0/s1. The zero-order valence-corrected chi connectivity index (χ0v) is 9.50. The lowest BCUT2D eigenvalue weighted by Crippen LogP contribution is -2.41. The number of pyridine rings is 1. The van der Waals surface area contributed by atoms with Gasteiger partial charge in [0.1, 0.15) is 6.04 Å². The van der Waals surface area contributed by atoms with Crippen LogP contribution in [0.3, 0.4) is 0 Å². The van der Waals surface area contributed by atoms with Gasteiger partial charge in [-0.1, -0.05) is 0 Å². The molecule has 0 radical (unpaired) electrons. The van der Waals surface area contributed by atoms with E-state index in [0.29, 0.717) is 5.56 Å². The van der Waals surface area contributed by atoms with E-state index in [4.69, 9.17) is 10.8 Å². The lowest BCUT2D eigenvalue weighted by Gasteiger charge is -2.13. The Bertz CT molecular complexity index is 447. The Kier molecular flexibility index (Phi) is 4.79. The third kappa shape index (κ3) is 4.20. The summed E-state index contributed by atoms with van der Waals surface area (Å²) in [6.07, 6.45) is 2.71. The first kappa shape index (κ1) is 13.6. The molecule has 0 spiro atoms. The van der Waals surface area contributed by atoms with Crippen molar-refractivity contribution in [3.05, 3.63) is 30.1 Å². The number of nitrogens with zero attached hydrogens (tertiary/aromatic N) is 1. The molecule has 96 valence electrons. The zero-order valence-electron chi connectivity index (χ0n) is 9.50. The lowest BCUT2D eigenvalue weighted by atomic mass is 10.1. The number of carboxylic acids is 1. The van der Waals surface area contributed by atoms with Crippen molar-refractivity contribution < 1.29 is 19.5 Å². The van der Waals surface area contributed by atoms with Gasteiger partial charge in [-0.05, 0) is 18.6 Å². The van der Waals surface area contributed by atoms with Gasteiger partial charge in [0.15, 0.2) is 0 Å². The third-order valence-corrected chi connectivity index (χ3v) is 2.23. The number of carbonyl (C=O) groups excluding carboxylic acids is 2. The Morgan fingerprint density at radius 3 is 2.44 bits per heavy atom. The highest BCUT2D eigenvalue weighted by Gasteiger charge is 2.20. The second-order valence-corrected chi connectivity index (χ2v) is 3.61. The number of nitrogens with one attached hydrogen (secondary N) is 1. The first-order chi connectivity index (χ1) is 8.50. The highest BCUT2D eigenvalue weighted by Crippen LogP contribution is 2.01. The molecule has 0 bridgehead atoms. The molecular formula is C11H13N3O4. The number of primary amides is 1. The van der Waals surface area contributed by atoms with E-state index in [1.54, 1.807) is 0 Å². The van der Waals surface area contributed by atoms with Crippen LogP contribution in [-0.4, -0.2) is 33.9 Å². The van der Waals surface area contributed by atoms with Crippen molar-refractivity contribution in [1.29, 1.82) is 0 Å². The molecule has 1 aromatic heterocycles. The minimum absolute atomic E-state index is 0.0402. The van der Waals surface area contributed by atoms with Gasteiger partial charge >= 0.3 is 5.97 Å². The van der Waals surface area contributed by atoms with Crippen LogP contribution in [0, 0.1) is 0 Å². The molecule has 1 atom stereocenters. The van der Waals surface area contributed by atoms with Crippen molar-refractivity contribution in [3.8, 4) is 0 Å². The third-order valence-electron chi connectivity index (χ3n) is 2.23.